The van der Waals surface area contributed by atoms with Crippen LogP contribution in [0.3, 0.4) is 0 Å². The molecule has 0 amide bonds. The van der Waals surface area contributed by atoms with Crippen molar-refractivity contribution in [1.29, 1.82) is 0 Å². The van der Waals surface area contributed by atoms with Gasteiger partial charge in [0.1, 0.15) is 11.5 Å². The smallest absolute Gasteiger partial charge is 0.215 e. The van der Waals surface area contributed by atoms with Gasteiger partial charge in [-0.1, -0.05) is 11.6 Å². The molecule has 72 valence electrons. The first-order chi connectivity index (χ1) is 6.66. The highest BCUT2D eigenvalue weighted by molar-refractivity contribution is 6.29. The summed E-state index contributed by atoms with van der Waals surface area (Å²) in [5, 5.41) is 13.8. The van der Waals surface area contributed by atoms with Crippen LogP contribution in [0, 0.1) is 6.92 Å². The van der Waals surface area contributed by atoms with E-state index in [1.165, 1.54) is 23.1 Å². The lowest BCUT2D eigenvalue weighted by Gasteiger charge is -2.00. The van der Waals surface area contributed by atoms with Gasteiger partial charge in [-0.3, -0.25) is 0 Å². The van der Waals surface area contributed by atoms with Gasteiger partial charge in [0, 0.05) is 12.1 Å². The average Bonchev–Trinajstić information content (AvgIpc) is 2.45. The molecule has 0 spiro atoms. The monoisotopic (exact) mass is 210 g/mol. The number of aromatic hydroxyl groups is 1. The first-order valence-electron chi connectivity index (χ1n) is 3.90. The van der Waals surface area contributed by atoms with Gasteiger partial charge in [0.25, 0.3) is 0 Å². The van der Waals surface area contributed by atoms with Crippen LogP contribution in [0.15, 0.2) is 18.5 Å². The number of aryl methyl sites for hydroxylation is 1. The second-order valence-corrected chi connectivity index (χ2v) is 3.14. The molecular weight excluding hydrogens is 204 g/mol. The largest absolute Gasteiger partial charge is 0.493 e. The number of rotatable bonds is 1. The zero-order valence-corrected chi connectivity index (χ0v) is 8.10. The van der Waals surface area contributed by atoms with E-state index in [-0.39, 0.29) is 5.88 Å². The van der Waals surface area contributed by atoms with E-state index in [1.807, 2.05) is 0 Å². The number of hydrogen-bond donors (Lipinski definition) is 1. The van der Waals surface area contributed by atoms with Gasteiger partial charge in [0.15, 0.2) is 5.82 Å². The van der Waals surface area contributed by atoms with Crippen LogP contribution in [-0.4, -0.2) is 24.9 Å². The van der Waals surface area contributed by atoms with Crippen molar-refractivity contribution >= 4 is 11.6 Å². The minimum absolute atomic E-state index is 0.0252. The van der Waals surface area contributed by atoms with Crippen LogP contribution in [0.2, 0.25) is 5.15 Å². The molecule has 0 saturated carbocycles. The molecular formula is C8H7ClN4O. The molecule has 0 radical (unpaired) electrons. The summed E-state index contributed by atoms with van der Waals surface area (Å²) in [5.41, 5.74) is 0.706. The van der Waals surface area contributed by atoms with Crippen molar-refractivity contribution in [2.45, 2.75) is 6.92 Å². The van der Waals surface area contributed by atoms with Crippen LogP contribution in [0.4, 0.5) is 0 Å². The quantitative estimate of drug-likeness (QED) is 0.722. The Morgan fingerprint density at radius 3 is 2.71 bits per heavy atom. The fraction of sp³-hybridized carbons (Fsp3) is 0.125. The summed E-state index contributed by atoms with van der Waals surface area (Å²) in [7, 11) is 0. The van der Waals surface area contributed by atoms with Gasteiger partial charge in [-0.2, -0.15) is 9.78 Å². The van der Waals surface area contributed by atoms with Crippen molar-refractivity contribution in [2.24, 2.45) is 0 Å². The molecule has 0 aliphatic rings. The Morgan fingerprint density at radius 1 is 1.36 bits per heavy atom. The zero-order valence-electron chi connectivity index (χ0n) is 7.35. The Kier molecular flexibility index (Phi) is 2.09. The molecule has 0 bridgehead atoms. The van der Waals surface area contributed by atoms with Gasteiger partial charge < -0.3 is 5.11 Å². The van der Waals surface area contributed by atoms with Crippen molar-refractivity contribution in [3.8, 4) is 11.7 Å². The summed E-state index contributed by atoms with van der Waals surface area (Å²) >= 11 is 5.68. The maximum atomic E-state index is 9.47. The van der Waals surface area contributed by atoms with Crippen LogP contribution in [0.25, 0.3) is 5.82 Å². The Bertz CT molecular complexity index is 468. The van der Waals surface area contributed by atoms with Crippen LogP contribution in [0.1, 0.15) is 5.69 Å². The van der Waals surface area contributed by atoms with Crippen molar-refractivity contribution in [3.63, 3.8) is 0 Å². The summed E-state index contributed by atoms with van der Waals surface area (Å²) in [6.07, 6.45) is 1.31. The molecule has 6 heteroatoms. The van der Waals surface area contributed by atoms with Gasteiger partial charge in [0.05, 0.1) is 5.69 Å². The van der Waals surface area contributed by atoms with Gasteiger partial charge in [0.2, 0.25) is 5.88 Å². The highest BCUT2D eigenvalue weighted by Crippen LogP contribution is 2.16. The predicted molar refractivity (Wildman–Crippen MR) is 50.6 cm³/mol. The van der Waals surface area contributed by atoms with Crippen molar-refractivity contribution in [3.05, 3.63) is 29.3 Å². The summed E-state index contributed by atoms with van der Waals surface area (Å²) in [6, 6.07) is 3.06. The van der Waals surface area contributed by atoms with Crippen LogP contribution in [0.5, 0.6) is 5.88 Å². The third-order valence-corrected chi connectivity index (χ3v) is 1.86. The topological polar surface area (TPSA) is 63.8 Å². The Labute approximate surface area is 85.0 Å². The molecule has 0 aromatic carbocycles. The second-order valence-electron chi connectivity index (χ2n) is 2.75. The van der Waals surface area contributed by atoms with E-state index >= 15 is 0 Å². The van der Waals surface area contributed by atoms with Crippen LogP contribution >= 0.6 is 11.6 Å². The number of hydrogen-bond acceptors (Lipinski definition) is 4. The van der Waals surface area contributed by atoms with E-state index in [0.29, 0.717) is 16.7 Å². The molecule has 1 N–H and O–H groups in total. The number of halogens is 1. The van der Waals surface area contributed by atoms with Gasteiger partial charge in [-0.15, -0.1) is 0 Å². The third-order valence-electron chi connectivity index (χ3n) is 1.65. The SMILES string of the molecule is Cc1cc(O)n(-c2cc(Cl)ncn2)n1. The highest BCUT2D eigenvalue weighted by atomic mass is 35.5. The first-order valence-corrected chi connectivity index (χ1v) is 4.28. The minimum atomic E-state index is 0.0252. The van der Waals surface area contributed by atoms with E-state index < -0.39 is 0 Å². The summed E-state index contributed by atoms with van der Waals surface area (Å²) in [5.74, 6) is 0.466. The molecule has 0 aliphatic carbocycles. The Balaban J connectivity index is 2.54. The Morgan fingerprint density at radius 2 is 2.14 bits per heavy atom. The molecule has 0 fully saturated rings. The van der Waals surface area contributed by atoms with E-state index in [4.69, 9.17) is 11.6 Å². The van der Waals surface area contributed by atoms with Gasteiger partial charge in [-0.25, -0.2) is 9.97 Å². The summed E-state index contributed by atoms with van der Waals surface area (Å²) in [6.45, 7) is 1.78. The second kappa shape index (κ2) is 3.26. The molecule has 2 rings (SSSR count). The fourth-order valence-corrected chi connectivity index (χ4v) is 1.24. The van der Waals surface area contributed by atoms with Gasteiger partial charge >= 0.3 is 0 Å². The fourth-order valence-electron chi connectivity index (χ4n) is 1.09. The first kappa shape index (κ1) is 8.96. The maximum absolute atomic E-state index is 9.47. The van der Waals surface area contributed by atoms with E-state index in [1.54, 1.807) is 6.92 Å². The van der Waals surface area contributed by atoms with Crippen molar-refractivity contribution in [1.82, 2.24) is 19.7 Å². The zero-order chi connectivity index (χ0) is 10.1. The molecule has 2 aromatic heterocycles. The summed E-state index contributed by atoms with van der Waals surface area (Å²) in [4.78, 5) is 7.66. The molecule has 2 heterocycles. The van der Waals surface area contributed by atoms with Crippen molar-refractivity contribution < 1.29 is 5.11 Å². The molecule has 0 aliphatic heterocycles. The normalized spacial score (nSPS) is 10.4. The van der Waals surface area contributed by atoms with E-state index in [2.05, 4.69) is 15.1 Å². The van der Waals surface area contributed by atoms with E-state index in [0.717, 1.165) is 0 Å². The molecule has 0 saturated heterocycles. The predicted octanol–water partition coefficient (Wildman–Crippen LogP) is 1.33. The molecule has 0 unspecified atom stereocenters. The number of aromatic nitrogens is 4. The standard InChI is InChI=1S/C8H7ClN4O/c1-5-2-8(14)13(12-5)7-3-6(9)10-4-11-7/h2-4,14H,1H3. The van der Waals surface area contributed by atoms with Crippen molar-refractivity contribution in [2.75, 3.05) is 0 Å². The lowest BCUT2D eigenvalue weighted by molar-refractivity contribution is 0.432. The van der Waals surface area contributed by atoms with Crippen LogP contribution < -0.4 is 0 Å². The summed E-state index contributed by atoms with van der Waals surface area (Å²) < 4.78 is 1.29. The van der Waals surface area contributed by atoms with E-state index in [9.17, 15) is 5.11 Å². The lowest BCUT2D eigenvalue weighted by atomic mass is 10.5. The molecule has 5 nitrogen and oxygen atoms in total. The Hall–Kier alpha value is -1.62. The molecule has 0 atom stereocenters. The lowest BCUT2D eigenvalue weighted by Crippen LogP contribution is -1.99. The maximum Gasteiger partial charge on any atom is 0.215 e. The average molecular weight is 211 g/mol. The third kappa shape index (κ3) is 1.54. The number of nitrogens with zero attached hydrogens (tertiary/aromatic N) is 4. The van der Waals surface area contributed by atoms with Crippen LogP contribution in [-0.2, 0) is 0 Å². The molecule has 2 aromatic rings. The highest BCUT2D eigenvalue weighted by Gasteiger charge is 2.07. The van der Waals surface area contributed by atoms with Gasteiger partial charge in [-0.05, 0) is 6.92 Å². The molecule has 14 heavy (non-hydrogen) atoms. The minimum Gasteiger partial charge on any atom is -0.493 e.